The van der Waals surface area contributed by atoms with Gasteiger partial charge in [0.05, 0.1) is 6.20 Å². The van der Waals surface area contributed by atoms with E-state index < -0.39 is 8.07 Å². The summed E-state index contributed by atoms with van der Waals surface area (Å²) in [6.07, 6.45) is 4.83. The molecule has 9 heteroatoms. The van der Waals surface area contributed by atoms with Crippen molar-refractivity contribution < 1.29 is 19.0 Å². The molecule has 0 fully saturated rings. The van der Waals surface area contributed by atoms with Crippen LogP contribution in [0.5, 0.6) is 23.1 Å². The molecule has 2 heterocycles. The van der Waals surface area contributed by atoms with Crippen molar-refractivity contribution in [3.8, 4) is 34.3 Å². The van der Waals surface area contributed by atoms with E-state index in [0.29, 0.717) is 41.8 Å². The number of para-hydroxylation sites is 1. The first-order valence-electron chi connectivity index (χ1n) is 13.8. The maximum atomic E-state index is 11.7. The zero-order chi connectivity index (χ0) is 29.5. The lowest BCUT2D eigenvalue weighted by molar-refractivity contribution is -0.111. The number of benzene rings is 3. The molecule has 0 aliphatic carbocycles. The van der Waals surface area contributed by atoms with Crippen LogP contribution in [0.2, 0.25) is 25.7 Å². The van der Waals surface area contributed by atoms with E-state index in [1.54, 1.807) is 30.5 Å². The van der Waals surface area contributed by atoms with Gasteiger partial charge in [-0.2, -0.15) is 0 Å². The molecule has 1 N–H and O–H groups in total. The number of nitrogens with zero attached hydrogens (tertiary/aromatic N) is 3. The van der Waals surface area contributed by atoms with E-state index in [0.717, 1.165) is 28.7 Å². The van der Waals surface area contributed by atoms with Crippen molar-refractivity contribution in [1.82, 2.24) is 14.5 Å². The summed E-state index contributed by atoms with van der Waals surface area (Å²) in [6.45, 7) is 11.6. The molecule has 0 saturated heterocycles. The molecule has 0 spiro atoms. The molecule has 0 unspecified atom stereocenters. The summed E-state index contributed by atoms with van der Waals surface area (Å²) in [7, 11) is -1.21. The number of hydrogen-bond donors (Lipinski definition) is 1. The van der Waals surface area contributed by atoms with Crippen LogP contribution in [-0.4, -0.2) is 35.1 Å². The molecular formula is C33H34N4O4Si. The normalized spacial score (nSPS) is 11.3. The standard InChI is InChI=1S/C33H34N4O4Si/c1-5-30(38)35-25-10-9-13-28(20-25)41-31-21-34-33-32(36-31)29(22-37(33)23-39-18-19-42(2,3)4)24-14-16-27(17-15-24)40-26-11-7-6-8-12-26/h5-17,20-22H,1,18-19,23H2,2-4H3,(H,35,38). The van der Waals surface area contributed by atoms with Gasteiger partial charge >= 0.3 is 0 Å². The average molecular weight is 579 g/mol. The quantitative estimate of drug-likeness (QED) is 0.0914. The van der Waals surface area contributed by atoms with Crippen molar-refractivity contribution in [2.75, 3.05) is 11.9 Å². The lowest BCUT2D eigenvalue weighted by Crippen LogP contribution is -2.22. The molecule has 0 radical (unpaired) electrons. The molecule has 0 aliphatic rings. The number of nitrogens with one attached hydrogen (secondary N) is 1. The van der Waals surface area contributed by atoms with Gasteiger partial charge in [0, 0.05) is 38.2 Å². The van der Waals surface area contributed by atoms with Gasteiger partial charge in [-0.15, -0.1) is 0 Å². The first-order valence-corrected chi connectivity index (χ1v) is 17.5. The fraction of sp³-hybridized carbons (Fsp3) is 0.182. The maximum Gasteiger partial charge on any atom is 0.247 e. The molecule has 0 aliphatic heterocycles. The van der Waals surface area contributed by atoms with Crippen molar-refractivity contribution in [2.24, 2.45) is 0 Å². The Hall–Kier alpha value is -4.73. The van der Waals surface area contributed by atoms with Gasteiger partial charge < -0.3 is 24.1 Å². The minimum atomic E-state index is -1.21. The first kappa shape index (κ1) is 28.8. The van der Waals surface area contributed by atoms with Gasteiger partial charge in [-0.05, 0) is 54.1 Å². The van der Waals surface area contributed by atoms with Gasteiger partial charge in [0.1, 0.15) is 29.5 Å². The monoisotopic (exact) mass is 578 g/mol. The maximum absolute atomic E-state index is 11.7. The predicted molar refractivity (Wildman–Crippen MR) is 169 cm³/mol. The third kappa shape index (κ3) is 7.51. The number of carbonyl (C=O) groups excluding carboxylic acids is 1. The van der Waals surface area contributed by atoms with Crippen molar-refractivity contribution in [3.05, 3.63) is 104 Å². The Balaban J connectivity index is 1.43. The molecule has 1 amide bonds. The number of carbonyl (C=O) groups is 1. The number of ether oxygens (including phenoxy) is 3. The van der Waals surface area contributed by atoms with E-state index in [2.05, 4.69) is 31.5 Å². The highest BCUT2D eigenvalue weighted by Gasteiger charge is 2.17. The number of amides is 1. The van der Waals surface area contributed by atoms with Crippen LogP contribution in [0, 0.1) is 0 Å². The van der Waals surface area contributed by atoms with Crippen LogP contribution in [0.15, 0.2) is 104 Å². The third-order valence-electron chi connectivity index (χ3n) is 6.42. The minimum absolute atomic E-state index is 0.299. The van der Waals surface area contributed by atoms with Gasteiger partial charge in [-0.1, -0.05) is 62.6 Å². The summed E-state index contributed by atoms with van der Waals surface area (Å²) < 4.78 is 20.1. The van der Waals surface area contributed by atoms with Gasteiger partial charge in [0.25, 0.3) is 0 Å². The molecule has 5 aromatic rings. The number of aromatic nitrogens is 3. The van der Waals surface area contributed by atoms with Crippen molar-refractivity contribution >= 4 is 30.8 Å². The van der Waals surface area contributed by atoms with Gasteiger partial charge in [-0.25, -0.2) is 9.97 Å². The van der Waals surface area contributed by atoms with Crippen molar-refractivity contribution in [3.63, 3.8) is 0 Å². The Kier molecular flexibility index (Phi) is 8.80. The SMILES string of the molecule is C=CC(=O)Nc1cccc(Oc2cnc3c(n2)c(-c2ccc(Oc4ccccc4)cc2)cn3COCC[Si](C)(C)C)c1. The molecule has 8 nitrogen and oxygen atoms in total. The Bertz CT molecular complexity index is 1680. The Labute approximate surface area is 246 Å². The number of anilines is 1. The molecule has 3 aromatic carbocycles. The highest BCUT2D eigenvalue weighted by molar-refractivity contribution is 6.76. The predicted octanol–water partition coefficient (Wildman–Crippen LogP) is 8.12. The second-order valence-corrected chi connectivity index (χ2v) is 16.6. The van der Waals surface area contributed by atoms with Crippen LogP contribution < -0.4 is 14.8 Å². The molecule has 0 saturated carbocycles. The second-order valence-electron chi connectivity index (χ2n) is 11.0. The third-order valence-corrected chi connectivity index (χ3v) is 8.13. The van der Waals surface area contributed by atoms with Crippen LogP contribution in [0.4, 0.5) is 5.69 Å². The highest BCUT2D eigenvalue weighted by Crippen LogP contribution is 2.33. The average Bonchev–Trinajstić information content (AvgIpc) is 3.33. The Morgan fingerprint density at radius 2 is 1.69 bits per heavy atom. The van der Waals surface area contributed by atoms with Crippen LogP contribution in [0.3, 0.4) is 0 Å². The molecule has 5 rings (SSSR count). The Morgan fingerprint density at radius 3 is 2.43 bits per heavy atom. The second kappa shape index (κ2) is 12.8. The van der Waals surface area contributed by atoms with Gasteiger partial charge in [0.15, 0.2) is 5.65 Å². The largest absolute Gasteiger partial charge is 0.457 e. The zero-order valence-corrected chi connectivity index (χ0v) is 25.0. The first-order chi connectivity index (χ1) is 20.3. The van der Waals surface area contributed by atoms with Gasteiger partial charge in [-0.3, -0.25) is 4.79 Å². The highest BCUT2D eigenvalue weighted by atomic mass is 28.3. The molecular weight excluding hydrogens is 544 g/mol. The van der Waals surface area contributed by atoms with E-state index in [-0.39, 0.29) is 5.91 Å². The lowest BCUT2D eigenvalue weighted by atomic mass is 10.1. The molecule has 0 bridgehead atoms. The topological polar surface area (TPSA) is 87.5 Å². The molecule has 42 heavy (non-hydrogen) atoms. The summed E-state index contributed by atoms with van der Waals surface area (Å²) in [6, 6.07) is 25.7. The zero-order valence-electron chi connectivity index (χ0n) is 24.0. The van der Waals surface area contributed by atoms with Crippen LogP contribution in [0.25, 0.3) is 22.3 Å². The van der Waals surface area contributed by atoms with Crippen molar-refractivity contribution in [1.29, 1.82) is 0 Å². The lowest BCUT2D eigenvalue weighted by Gasteiger charge is -2.15. The summed E-state index contributed by atoms with van der Waals surface area (Å²) in [4.78, 5) is 21.3. The summed E-state index contributed by atoms with van der Waals surface area (Å²) in [5.74, 6) is 2.06. The van der Waals surface area contributed by atoms with Gasteiger partial charge in [0.2, 0.25) is 11.8 Å². The molecule has 2 aromatic heterocycles. The Morgan fingerprint density at radius 1 is 0.952 bits per heavy atom. The number of hydrogen-bond acceptors (Lipinski definition) is 6. The fourth-order valence-corrected chi connectivity index (χ4v) is 4.97. The van der Waals surface area contributed by atoms with E-state index in [1.807, 2.05) is 65.4 Å². The van der Waals surface area contributed by atoms with E-state index in [1.165, 1.54) is 6.08 Å². The van der Waals surface area contributed by atoms with E-state index in [9.17, 15) is 4.79 Å². The summed E-state index contributed by atoms with van der Waals surface area (Å²) in [5.41, 5.74) is 3.83. The summed E-state index contributed by atoms with van der Waals surface area (Å²) >= 11 is 0. The summed E-state index contributed by atoms with van der Waals surface area (Å²) in [5, 5.41) is 2.74. The van der Waals surface area contributed by atoms with E-state index in [4.69, 9.17) is 24.2 Å². The smallest absolute Gasteiger partial charge is 0.247 e. The molecule has 214 valence electrons. The number of rotatable bonds is 12. The van der Waals surface area contributed by atoms with Crippen LogP contribution >= 0.6 is 0 Å². The minimum Gasteiger partial charge on any atom is -0.457 e. The van der Waals surface area contributed by atoms with Crippen LogP contribution in [0.1, 0.15) is 0 Å². The van der Waals surface area contributed by atoms with Crippen LogP contribution in [-0.2, 0) is 16.3 Å². The van der Waals surface area contributed by atoms with Crippen molar-refractivity contribution in [2.45, 2.75) is 32.4 Å². The fourth-order valence-electron chi connectivity index (χ4n) is 4.21. The molecule has 0 atom stereocenters. The number of fused-ring (bicyclic) bond motifs is 1. The van der Waals surface area contributed by atoms with E-state index >= 15 is 0 Å².